The second kappa shape index (κ2) is 15.9. The first-order valence-electron chi connectivity index (χ1n) is 20.3. The molecule has 50 heavy (non-hydrogen) atoms. The molecule has 0 N–H and O–H groups in total. The molecule has 2 aliphatic carbocycles. The standard InChI is InChI=1S/C44H58N4S2/c1-5-9-13-17-25-43(26-18-14-10-6-2)33-21-23-37-41(47-49-45-37)39(33)31-30-36-32(29-35(31)43)40-34(22-24-38-42(40)48-50-46-38)44(36,27-19-15-11-7-3)28-20-16-12-8-4/h21-24,29-30H,5-20,25-28H2,1-4H3. The predicted octanol–water partition coefficient (Wildman–Crippen LogP) is 14.1. The first-order chi connectivity index (χ1) is 24.6. The summed E-state index contributed by atoms with van der Waals surface area (Å²) in [5.74, 6) is 0. The Labute approximate surface area is 309 Å². The summed E-state index contributed by atoms with van der Waals surface area (Å²) in [6.45, 7) is 9.33. The maximum Gasteiger partial charge on any atom is 0.112 e. The lowest BCUT2D eigenvalue weighted by molar-refractivity contribution is 0.397. The second-order valence-corrected chi connectivity index (χ2v) is 16.6. The van der Waals surface area contributed by atoms with Gasteiger partial charge in [0, 0.05) is 22.0 Å². The fourth-order valence-corrected chi connectivity index (χ4v) is 11.0. The van der Waals surface area contributed by atoms with Crippen molar-refractivity contribution >= 4 is 45.5 Å². The molecule has 0 bridgehead atoms. The van der Waals surface area contributed by atoms with E-state index < -0.39 is 0 Å². The smallest absolute Gasteiger partial charge is 0.112 e. The zero-order valence-electron chi connectivity index (χ0n) is 31.2. The number of hydrogen-bond acceptors (Lipinski definition) is 6. The number of benzene rings is 3. The van der Waals surface area contributed by atoms with Gasteiger partial charge in [0.25, 0.3) is 0 Å². The van der Waals surface area contributed by atoms with Crippen LogP contribution in [0.4, 0.5) is 0 Å². The van der Waals surface area contributed by atoms with Crippen molar-refractivity contribution < 1.29 is 0 Å². The first kappa shape index (κ1) is 35.7. The van der Waals surface area contributed by atoms with Crippen LogP contribution in [-0.2, 0) is 10.8 Å². The van der Waals surface area contributed by atoms with Gasteiger partial charge in [-0.25, -0.2) is 0 Å². The van der Waals surface area contributed by atoms with Crippen molar-refractivity contribution in [1.82, 2.24) is 17.5 Å². The van der Waals surface area contributed by atoms with Gasteiger partial charge in [0.2, 0.25) is 0 Å². The van der Waals surface area contributed by atoms with Gasteiger partial charge in [-0.15, -0.1) is 0 Å². The summed E-state index contributed by atoms with van der Waals surface area (Å²) in [6.07, 6.45) is 25.4. The Morgan fingerprint density at radius 2 is 0.780 bits per heavy atom. The molecule has 0 amide bonds. The summed E-state index contributed by atoms with van der Waals surface area (Å²) < 4.78 is 19.6. The van der Waals surface area contributed by atoms with Gasteiger partial charge in [-0.1, -0.05) is 143 Å². The second-order valence-electron chi connectivity index (χ2n) is 15.6. The molecule has 0 spiro atoms. The van der Waals surface area contributed by atoms with Gasteiger partial charge in [-0.2, -0.15) is 17.5 Å². The number of hydrogen-bond donors (Lipinski definition) is 0. The van der Waals surface area contributed by atoms with Crippen LogP contribution in [0.1, 0.15) is 178 Å². The number of fused-ring (bicyclic) bond motifs is 10. The van der Waals surface area contributed by atoms with Crippen molar-refractivity contribution in [2.45, 2.75) is 167 Å². The monoisotopic (exact) mass is 706 g/mol. The minimum Gasteiger partial charge on any atom is -0.173 e. The number of rotatable bonds is 20. The van der Waals surface area contributed by atoms with Gasteiger partial charge < -0.3 is 0 Å². The van der Waals surface area contributed by atoms with Crippen LogP contribution in [0.3, 0.4) is 0 Å². The van der Waals surface area contributed by atoms with E-state index in [0.29, 0.717) is 0 Å². The van der Waals surface area contributed by atoms with E-state index >= 15 is 0 Å². The van der Waals surface area contributed by atoms with Crippen molar-refractivity contribution in [2.75, 3.05) is 0 Å². The summed E-state index contributed by atoms with van der Waals surface area (Å²) >= 11 is 2.75. The molecule has 4 nitrogen and oxygen atoms in total. The average Bonchev–Trinajstić information content (AvgIpc) is 3.92. The topological polar surface area (TPSA) is 51.6 Å². The molecule has 0 saturated heterocycles. The minimum absolute atomic E-state index is 0.000865. The lowest BCUT2D eigenvalue weighted by Crippen LogP contribution is -2.27. The highest BCUT2D eigenvalue weighted by atomic mass is 32.1. The molecule has 3 aromatic carbocycles. The lowest BCUT2D eigenvalue weighted by atomic mass is 9.68. The minimum atomic E-state index is 0.000865. The molecule has 2 heterocycles. The fraction of sp³-hybridized carbons (Fsp3) is 0.591. The molecule has 0 radical (unpaired) electrons. The average molecular weight is 707 g/mol. The van der Waals surface area contributed by atoms with Crippen molar-refractivity contribution in [3.8, 4) is 22.3 Å². The number of unbranched alkanes of at least 4 members (excludes halogenated alkanes) is 12. The van der Waals surface area contributed by atoms with Gasteiger partial charge >= 0.3 is 0 Å². The molecule has 0 atom stereocenters. The molecule has 2 aromatic heterocycles. The third-order valence-corrected chi connectivity index (χ3v) is 13.5. The van der Waals surface area contributed by atoms with E-state index in [-0.39, 0.29) is 10.8 Å². The molecule has 7 rings (SSSR count). The van der Waals surface area contributed by atoms with E-state index in [1.54, 1.807) is 11.1 Å². The van der Waals surface area contributed by atoms with E-state index in [1.807, 2.05) is 0 Å². The maximum absolute atomic E-state index is 5.03. The van der Waals surface area contributed by atoms with Gasteiger partial charge in [0.1, 0.15) is 22.1 Å². The quantitative estimate of drug-likeness (QED) is 0.0756. The molecule has 0 fully saturated rings. The van der Waals surface area contributed by atoms with Gasteiger partial charge in [0.05, 0.1) is 23.5 Å². The Bertz CT molecular complexity index is 1740. The van der Waals surface area contributed by atoms with Crippen molar-refractivity contribution in [1.29, 1.82) is 0 Å². The number of nitrogens with zero attached hydrogens (tertiary/aromatic N) is 4. The maximum atomic E-state index is 5.03. The Balaban J connectivity index is 1.48. The molecular weight excluding hydrogens is 649 g/mol. The fourth-order valence-electron chi connectivity index (χ4n) is 9.88. The van der Waals surface area contributed by atoms with Gasteiger partial charge in [-0.3, -0.25) is 0 Å². The summed E-state index contributed by atoms with van der Waals surface area (Å²) in [5, 5.41) is 0. The van der Waals surface area contributed by atoms with Crippen LogP contribution in [0.2, 0.25) is 0 Å². The molecule has 5 aromatic rings. The van der Waals surface area contributed by atoms with E-state index in [9.17, 15) is 0 Å². The zero-order chi connectivity index (χ0) is 34.6. The van der Waals surface area contributed by atoms with E-state index in [2.05, 4.69) is 64.1 Å². The highest BCUT2D eigenvalue weighted by Crippen LogP contribution is 2.62. The molecule has 0 unspecified atom stereocenters. The van der Waals surface area contributed by atoms with Crippen molar-refractivity contribution in [3.63, 3.8) is 0 Å². The van der Waals surface area contributed by atoms with Gasteiger partial charge in [-0.05, 0) is 83.3 Å². The Morgan fingerprint density at radius 3 is 1.12 bits per heavy atom. The van der Waals surface area contributed by atoms with E-state index in [0.717, 1.165) is 22.1 Å². The van der Waals surface area contributed by atoms with Crippen LogP contribution in [0, 0.1) is 0 Å². The Morgan fingerprint density at radius 1 is 0.420 bits per heavy atom. The molecule has 0 saturated carbocycles. The SMILES string of the molecule is CCCCCCC1(CCCCCC)c2cc3c(cc2-c2c1ccc1nsnc21)C(CCCCCC)(CCCCCC)c1ccc2nsnc2c1-3. The summed E-state index contributed by atoms with van der Waals surface area (Å²) in [4.78, 5) is 0. The predicted molar refractivity (Wildman–Crippen MR) is 216 cm³/mol. The van der Waals surface area contributed by atoms with Crippen molar-refractivity contribution in [2.24, 2.45) is 0 Å². The van der Waals surface area contributed by atoms with Crippen LogP contribution >= 0.6 is 23.5 Å². The third-order valence-electron chi connectivity index (χ3n) is 12.4. The summed E-state index contributed by atoms with van der Waals surface area (Å²) in [5.41, 5.74) is 16.2. The van der Waals surface area contributed by atoms with Crippen molar-refractivity contribution in [3.05, 3.63) is 58.7 Å². The third kappa shape index (κ3) is 6.25. The summed E-state index contributed by atoms with van der Waals surface area (Å²) in [6, 6.07) is 14.9. The Hall–Kier alpha value is -2.70. The molecule has 266 valence electrons. The normalized spacial score (nSPS) is 15.1. The van der Waals surface area contributed by atoms with Crippen LogP contribution < -0.4 is 0 Å². The highest BCUT2D eigenvalue weighted by molar-refractivity contribution is 7.00. The molecular formula is C44H58N4S2. The van der Waals surface area contributed by atoms with Crippen LogP contribution in [-0.4, -0.2) is 17.5 Å². The molecule has 6 heteroatoms. The lowest BCUT2D eigenvalue weighted by Gasteiger charge is -2.35. The molecule has 2 aliphatic rings. The number of aromatic nitrogens is 4. The van der Waals surface area contributed by atoms with E-state index in [1.165, 1.54) is 185 Å². The largest absolute Gasteiger partial charge is 0.173 e. The summed E-state index contributed by atoms with van der Waals surface area (Å²) in [7, 11) is 0. The van der Waals surface area contributed by atoms with Crippen LogP contribution in [0.5, 0.6) is 0 Å². The van der Waals surface area contributed by atoms with Crippen LogP contribution in [0.15, 0.2) is 36.4 Å². The zero-order valence-corrected chi connectivity index (χ0v) is 32.8. The highest BCUT2D eigenvalue weighted by Gasteiger charge is 2.49. The van der Waals surface area contributed by atoms with Crippen LogP contribution in [0.25, 0.3) is 44.3 Å². The van der Waals surface area contributed by atoms with Gasteiger partial charge in [0.15, 0.2) is 0 Å². The Kier molecular flexibility index (Phi) is 11.4. The van der Waals surface area contributed by atoms with E-state index in [4.69, 9.17) is 17.5 Å². The first-order valence-corrected chi connectivity index (χ1v) is 21.8. The molecule has 0 aliphatic heterocycles.